The van der Waals surface area contributed by atoms with E-state index in [1.807, 2.05) is 6.92 Å². The molecule has 1 saturated carbocycles. The Labute approximate surface area is 117 Å². The van der Waals surface area contributed by atoms with Gasteiger partial charge >= 0.3 is 5.97 Å². The topological polar surface area (TPSA) is 44.8 Å². The molecule has 0 spiro atoms. The highest BCUT2D eigenvalue weighted by molar-refractivity contribution is 9.09. The fourth-order valence-electron chi connectivity index (χ4n) is 2.08. The van der Waals surface area contributed by atoms with Crippen molar-refractivity contribution in [3.05, 3.63) is 0 Å². The summed E-state index contributed by atoms with van der Waals surface area (Å²) in [6, 6.07) is 0. The second-order valence-corrected chi connectivity index (χ2v) is 5.63. The SMILES string of the molecule is CCCOCCOC1CC(C(=O)OCC)CC1Br. The van der Waals surface area contributed by atoms with Crippen molar-refractivity contribution >= 4 is 21.9 Å². The number of carbonyl (C=O) groups excluding carboxylic acids is 1. The van der Waals surface area contributed by atoms with E-state index in [9.17, 15) is 4.79 Å². The van der Waals surface area contributed by atoms with Gasteiger partial charge in [0.15, 0.2) is 0 Å². The molecule has 18 heavy (non-hydrogen) atoms. The number of halogens is 1. The van der Waals surface area contributed by atoms with Crippen molar-refractivity contribution in [2.24, 2.45) is 5.92 Å². The van der Waals surface area contributed by atoms with Crippen molar-refractivity contribution < 1.29 is 19.0 Å². The fraction of sp³-hybridized carbons (Fsp3) is 0.923. The van der Waals surface area contributed by atoms with Crippen LogP contribution in [0.2, 0.25) is 0 Å². The first-order valence-corrected chi connectivity index (χ1v) is 7.60. The van der Waals surface area contributed by atoms with Gasteiger partial charge < -0.3 is 14.2 Å². The molecule has 0 aromatic carbocycles. The molecule has 0 aliphatic heterocycles. The molecule has 0 aromatic heterocycles. The lowest BCUT2D eigenvalue weighted by Crippen LogP contribution is -2.21. The largest absolute Gasteiger partial charge is 0.466 e. The normalized spacial score (nSPS) is 27.4. The van der Waals surface area contributed by atoms with E-state index in [2.05, 4.69) is 22.9 Å². The zero-order valence-electron chi connectivity index (χ0n) is 11.2. The van der Waals surface area contributed by atoms with Crippen LogP contribution in [0.1, 0.15) is 33.1 Å². The summed E-state index contributed by atoms with van der Waals surface area (Å²) in [6.07, 6.45) is 2.64. The second kappa shape index (κ2) is 8.88. The third-order valence-corrected chi connectivity index (χ3v) is 3.92. The molecule has 0 amide bonds. The van der Waals surface area contributed by atoms with Crippen LogP contribution in [0.5, 0.6) is 0 Å². The lowest BCUT2D eigenvalue weighted by molar-refractivity contribution is -0.148. The molecule has 1 aliphatic carbocycles. The summed E-state index contributed by atoms with van der Waals surface area (Å²) in [4.78, 5) is 11.9. The molecule has 1 rings (SSSR count). The maximum absolute atomic E-state index is 11.6. The Bertz CT molecular complexity index is 247. The highest BCUT2D eigenvalue weighted by atomic mass is 79.9. The Kier molecular flexibility index (Phi) is 7.86. The van der Waals surface area contributed by atoms with Gasteiger partial charge in [0.25, 0.3) is 0 Å². The fourth-order valence-corrected chi connectivity index (χ4v) is 2.90. The number of esters is 1. The molecule has 0 N–H and O–H groups in total. The third kappa shape index (κ3) is 5.24. The molecule has 0 aromatic rings. The van der Waals surface area contributed by atoms with E-state index < -0.39 is 0 Å². The van der Waals surface area contributed by atoms with Crippen molar-refractivity contribution in [2.45, 2.75) is 44.0 Å². The van der Waals surface area contributed by atoms with Crippen LogP contribution >= 0.6 is 15.9 Å². The second-order valence-electron chi connectivity index (χ2n) is 4.46. The lowest BCUT2D eigenvalue weighted by atomic mass is 10.1. The van der Waals surface area contributed by atoms with Crippen LogP contribution in [0.4, 0.5) is 0 Å². The highest BCUT2D eigenvalue weighted by Gasteiger charge is 2.37. The molecule has 3 atom stereocenters. The minimum absolute atomic E-state index is 0.0316. The molecule has 0 radical (unpaired) electrons. The summed E-state index contributed by atoms with van der Waals surface area (Å²) in [5.74, 6) is -0.133. The van der Waals surface area contributed by atoms with Crippen molar-refractivity contribution in [3.8, 4) is 0 Å². The van der Waals surface area contributed by atoms with Crippen LogP contribution in [0, 0.1) is 5.92 Å². The number of rotatable bonds is 8. The number of alkyl halides is 1. The smallest absolute Gasteiger partial charge is 0.309 e. The van der Waals surface area contributed by atoms with Gasteiger partial charge in [0.1, 0.15) is 0 Å². The molecule has 3 unspecified atom stereocenters. The van der Waals surface area contributed by atoms with E-state index in [1.165, 1.54) is 0 Å². The highest BCUT2D eigenvalue weighted by Crippen LogP contribution is 2.34. The van der Waals surface area contributed by atoms with Crippen molar-refractivity contribution in [2.75, 3.05) is 26.4 Å². The molecule has 1 fully saturated rings. The minimum Gasteiger partial charge on any atom is -0.466 e. The molecule has 106 valence electrons. The standard InChI is InChI=1S/C13H23BrO4/c1-3-5-16-6-7-18-12-9-10(8-11(12)14)13(15)17-4-2/h10-12H,3-9H2,1-2H3. The first-order valence-electron chi connectivity index (χ1n) is 6.69. The zero-order valence-corrected chi connectivity index (χ0v) is 12.8. The average Bonchev–Trinajstić information content (AvgIpc) is 2.71. The van der Waals surface area contributed by atoms with Gasteiger partial charge in [0.05, 0.1) is 31.8 Å². The van der Waals surface area contributed by atoms with E-state index in [0.29, 0.717) is 19.8 Å². The van der Waals surface area contributed by atoms with Crippen LogP contribution < -0.4 is 0 Å². The molecule has 0 saturated heterocycles. The van der Waals surface area contributed by atoms with Gasteiger partial charge in [-0.1, -0.05) is 22.9 Å². The Morgan fingerprint density at radius 1 is 1.22 bits per heavy atom. The van der Waals surface area contributed by atoms with Gasteiger partial charge in [-0.3, -0.25) is 4.79 Å². The van der Waals surface area contributed by atoms with Crippen LogP contribution in [0.25, 0.3) is 0 Å². The third-order valence-electron chi connectivity index (χ3n) is 2.96. The number of hydrogen-bond donors (Lipinski definition) is 0. The van der Waals surface area contributed by atoms with Gasteiger partial charge in [-0.2, -0.15) is 0 Å². The van der Waals surface area contributed by atoms with E-state index in [1.54, 1.807) is 0 Å². The number of ether oxygens (including phenoxy) is 3. The summed E-state index contributed by atoms with van der Waals surface area (Å²) in [7, 11) is 0. The first-order chi connectivity index (χ1) is 8.69. The van der Waals surface area contributed by atoms with Crippen molar-refractivity contribution in [3.63, 3.8) is 0 Å². The van der Waals surface area contributed by atoms with E-state index in [0.717, 1.165) is 25.9 Å². The maximum atomic E-state index is 11.6. The Morgan fingerprint density at radius 2 is 2.00 bits per heavy atom. The first kappa shape index (κ1) is 15.9. The van der Waals surface area contributed by atoms with Gasteiger partial charge in [-0.25, -0.2) is 0 Å². The summed E-state index contributed by atoms with van der Waals surface area (Å²) in [6.45, 7) is 6.33. The Balaban J connectivity index is 2.20. The molecular formula is C13H23BrO4. The van der Waals surface area contributed by atoms with Crippen molar-refractivity contribution in [1.29, 1.82) is 0 Å². The lowest BCUT2D eigenvalue weighted by Gasteiger charge is -2.15. The monoisotopic (exact) mass is 322 g/mol. The summed E-state index contributed by atoms with van der Waals surface area (Å²) in [5.41, 5.74) is 0. The van der Waals surface area contributed by atoms with E-state index >= 15 is 0 Å². The molecule has 4 nitrogen and oxygen atoms in total. The average molecular weight is 323 g/mol. The molecule has 0 bridgehead atoms. The number of carbonyl (C=O) groups is 1. The quantitative estimate of drug-likeness (QED) is 0.391. The van der Waals surface area contributed by atoms with Crippen LogP contribution in [0.15, 0.2) is 0 Å². The summed E-state index contributed by atoms with van der Waals surface area (Å²) in [5, 5.41) is 0. The zero-order chi connectivity index (χ0) is 13.4. The maximum Gasteiger partial charge on any atom is 0.309 e. The van der Waals surface area contributed by atoms with Gasteiger partial charge in [0, 0.05) is 11.4 Å². The Hall–Kier alpha value is -0.130. The van der Waals surface area contributed by atoms with Gasteiger partial charge in [-0.05, 0) is 26.2 Å². The predicted molar refractivity (Wildman–Crippen MR) is 72.9 cm³/mol. The van der Waals surface area contributed by atoms with Gasteiger partial charge in [0.2, 0.25) is 0 Å². The van der Waals surface area contributed by atoms with E-state index in [4.69, 9.17) is 14.2 Å². The van der Waals surface area contributed by atoms with Gasteiger partial charge in [-0.15, -0.1) is 0 Å². The summed E-state index contributed by atoms with van der Waals surface area (Å²) >= 11 is 3.57. The summed E-state index contributed by atoms with van der Waals surface area (Å²) < 4.78 is 16.1. The molecule has 0 heterocycles. The number of hydrogen-bond acceptors (Lipinski definition) is 4. The minimum atomic E-state index is -0.102. The van der Waals surface area contributed by atoms with Crippen molar-refractivity contribution in [1.82, 2.24) is 0 Å². The predicted octanol–water partition coefficient (Wildman–Crippen LogP) is 2.53. The van der Waals surface area contributed by atoms with Crippen LogP contribution in [-0.4, -0.2) is 43.3 Å². The molecular weight excluding hydrogens is 300 g/mol. The Morgan fingerprint density at radius 3 is 2.67 bits per heavy atom. The van der Waals surface area contributed by atoms with Crippen LogP contribution in [0.3, 0.4) is 0 Å². The molecule has 5 heteroatoms. The molecule has 1 aliphatic rings. The van der Waals surface area contributed by atoms with Crippen LogP contribution in [-0.2, 0) is 19.0 Å². The van der Waals surface area contributed by atoms with E-state index in [-0.39, 0.29) is 22.8 Å².